The van der Waals surface area contributed by atoms with E-state index in [0.29, 0.717) is 25.1 Å². The number of rotatable bonds is 4. The summed E-state index contributed by atoms with van der Waals surface area (Å²) in [5.41, 5.74) is 0.870. The minimum absolute atomic E-state index is 0. The third-order valence-corrected chi connectivity index (χ3v) is 4.08. The molecule has 0 bridgehead atoms. The fourth-order valence-electron chi connectivity index (χ4n) is 2.56. The molecule has 0 saturated heterocycles. The number of ether oxygens (including phenoxy) is 2. The maximum Gasteiger partial charge on any atom is 0.239 e. The zero-order valence-electron chi connectivity index (χ0n) is 12.5. The standard InChI is InChI=1S/C14H22N4O2.ClH/c1-18(10-4-3-5-10)13-8-16-12-7-15-6-11(9-19-2)20-14(12)17-13;/h8,10-11,15H,3-7,9H2,1-2H3;1H/t11-;/m1./s1. The highest BCUT2D eigenvalue weighted by Crippen LogP contribution is 2.28. The highest BCUT2D eigenvalue weighted by molar-refractivity contribution is 5.85. The number of nitrogens with zero attached hydrogens (tertiary/aromatic N) is 3. The summed E-state index contributed by atoms with van der Waals surface area (Å²) in [5, 5.41) is 3.31. The van der Waals surface area contributed by atoms with E-state index in [2.05, 4.69) is 27.2 Å². The lowest BCUT2D eigenvalue weighted by Gasteiger charge is -2.35. The SMILES string of the molecule is COC[C@H]1CNCc2ncc(N(C)C3CCC3)nc2O1.Cl. The number of anilines is 1. The Hall–Kier alpha value is -1.11. The molecule has 21 heavy (non-hydrogen) atoms. The Morgan fingerprint density at radius 2 is 2.29 bits per heavy atom. The van der Waals surface area contributed by atoms with E-state index in [0.717, 1.165) is 18.1 Å². The zero-order chi connectivity index (χ0) is 13.9. The second-order valence-corrected chi connectivity index (χ2v) is 5.50. The van der Waals surface area contributed by atoms with Crippen molar-refractivity contribution >= 4 is 18.2 Å². The summed E-state index contributed by atoms with van der Waals surface area (Å²) in [5.74, 6) is 1.53. The van der Waals surface area contributed by atoms with Crippen molar-refractivity contribution in [3.05, 3.63) is 11.9 Å². The van der Waals surface area contributed by atoms with E-state index in [1.807, 2.05) is 6.20 Å². The van der Waals surface area contributed by atoms with Gasteiger partial charge in [-0.1, -0.05) is 0 Å². The molecule has 0 aromatic carbocycles. The van der Waals surface area contributed by atoms with E-state index >= 15 is 0 Å². The van der Waals surface area contributed by atoms with Gasteiger partial charge in [-0.15, -0.1) is 12.4 Å². The van der Waals surface area contributed by atoms with Gasteiger partial charge < -0.3 is 19.7 Å². The molecule has 0 spiro atoms. The maximum absolute atomic E-state index is 5.93. The first-order chi connectivity index (χ1) is 9.78. The summed E-state index contributed by atoms with van der Waals surface area (Å²) in [6.45, 7) is 1.99. The normalized spacial score (nSPS) is 21.3. The van der Waals surface area contributed by atoms with Crippen molar-refractivity contribution < 1.29 is 9.47 Å². The van der Waals surface area contributed by atoms with Gasteiger partial charge in [0.15, 0.2) is 5.82 Å². The van der Waals surface area contributed by atoms with Crippen molar-refractivity contribution in [1.82, 2.24) is 15.3 Å². The van der Waals surface area contributed by atoms with Gasteiger partial charge in [0.25, 0.3) is 0 Å². The topological polar surface area (TPSA) is 59.5 Å². The minimum atomic E-state index is -0.0141. The summed E-state index contributed by atoms with van der Waals surface area (Å²) in [4.78, 5) is 11.4. The number of methoxy groups -OCH3 is 1. The van der Waals surface area contributed by atoms with Crippen LogP contribution in [-0.2, 0) is 11.3 Å². The van der Waals surface area contributed by atoms with Crippen LogP contribution in [0.4, 0.5) is 5.82 Å². The predicted molar refractivity (Wildman–Crippen MR) is 83.3 cm³/mol. The Morgan fingerprint density at radius 1 is 1.48 bits per heavy atom. The van der Waals surface area contributed by atoms with Crippen LogP contribution in [0.3, 0.4) is 0 Å². The van der Waals surface area contributed by atoms with Crippen LogP contribution in [-0.4, -0.2) is 49.4 Å². The molecule has 6 nitrogen and oxygen atoms in total. The first kappa shape index (κ1) is 16.3. The summed E-state index contributed by atoms with van der Waals surface area (Å²) in [6.07, 6.45) is 5.62. The molecule has 0 amide bonds. The predicted octanol–water partition coefficient (Wildman–Crippen LogP) is 1.38. The molecule has 0 unspecified atom stereocenters. The highest BCUT2D eigenvalue weighted by atomic mass is 35.5. The maximum atomic E-state index is 5.93. The Bertz CT molecular complexity index is 470. The average molecular weight is 315 g/mol. The van der Waals surface area contributed by atoms with Crippen molar-refractivity contribution in [1.29, 1.82) is 0 Å². The van der Waals surface area contributed by atoms with Crippen LogP contribution in [0.5, 0.6) is 5.88 Å². The van der Waals surface area contributed by atoms with Crippen LogP contribution >= 0.6 is 12.4 Å². The fourth-order valence-corrected chi connectivity index (χ4v) is 2.56. The Kier molecular flexibility index (Phi) is 5.61. The number of nitrogens with one attached hydrogen (secondary N) is 1. The Labute approximate surface area is 131 Å². The molecule has 0 radical (unpaired) electrons. The smallest absolute Gasteiger partial charge is 0.239 e. The molecule has 1 saturated carbocycles. The molecular weight excluding hydrogens is 292 g/mol. The van der Waals surface area contributed by atoms with E-state index in [-0.39, 0.29) is 18.5 Å². The summed E-state index contributed by atoms with van der Waals surface area (Å²) in [6, 6.07) is 0.598. The molecule has 1 aliphatic carbocycles. The van der Waals surface area contributed by atoms with Crippen molar-refractivity contribution in [2.45, 2.75) is 38.0 Å². The summed E-state index contributed by atoms with van der Waals surface area (Å²) in [7, 11) is 3.77. The van der Waals surface area contributed by atoms with Crippen LogP contribution in [0.15, 0.2) is 6.20 Å². The molecule has 118 valence electrons. The molecule has 1 N–H and O–H groups in total. The van der Waals surface area contributed by atoms with Crippen molar-refractivity contribution in [2.24, 2.45) is 0 Å². The second-order valence-electron chi connectivity index (χ2n) is 5.50. The quantitative estimate of drug-likeness (QED) is 0.906. The minimum Gasteiger partial charge on any atom is -0.469 e. The largest absolute Gasteiger partial charge is 0.469 e. The van der Waals surface area contributed by atoms with Gasteiger partial charge in [0.05, 0.1) is 12.8 Å². The molecular formula is C14H23ClN4O2. The van der Waals surface area contributed by atoms with Gasteiger partial charge in [0.2, 0.25) is 5.88 Å². The Balaban J connectivity index is 0.00000161. The molecule has 1 aliphatic heterocycles. The monoisotopic (exact) mass is 314 g/mol. The highest BCUT2D eigenvalue weighted by Gasteiger charge is 2.25. The van der Waals surface area contributed by atoms with Crippen LogP contribution in [0.25, 0.3) is 0 Å². The van der Waals surface area contributed by atoms with Gasteiger partial charge in [0.1, 0.15) is 11.8 Å². The lowest BCUT2D eigenvalue weighted by atomic mass is 9.92. The second kappa shape index (κ2) is 7.24. The van der Waals surface area contributed by atoms with Gasteiger partial charge in [-0.05, 0) is 19.3 Å². The molecule has 1 fully saturated rings. The van der Waals surface area contributed by atoms with E-state index in [1.54, 1.807) is 7.11 Å². The number of halogens is 1. The zero-order valence-corrected chi connectivity index (χ0v) is 13.4. The van der Waals surface area contributed by atoms with Crippen molar-refractivity contribution in [2.75, 3.05) is 32.2 Å². The number of hydrogen-bond donors (Lipinski definition) is 1. The van der Waals surface area contributed by atoms with Crippen LogP contribution in [0.2, 0.25) is 0 Å². The van der Waals surface area contributed by atoms with Gasteiger partial charge in [0, 0.05) is 33.3 Å². The molecule has 1 aromatic rings. The fraction of sp³-hybridized carbons (Fsp3) is 0.714. The van der Waals surface area contributed by atoms with Gasteiger partial charge >= 0.3 is 0 Å². The molecule has 7 heteroatoms. The molecule has 2 aliphatic rings. The van der Waals surface area contributed by atoms with Gasteiger partial charge in [-0.25, -0.2) is 0 Å². The van der Waals surface area contributed by atoms with E-state index in [9.17, 15) is 0 Å². The third-order valence-electron chi connectivity index (χ3n) is 4.08. The van der Waals surface area contributed by atoms with Gasteiger partial charge in [-0.3, -0.25) is 4.98 Å². The average Bonchev–Trinajstić information content (AvgIpc) is 2.57. The van der Waals surface area contributed by atoms with E-state index < -0.39 is 0 Å². The first-order valence-corrected chi connectivity index (χ1v) is 7.23. The summed E-state index contributed by atoms with van der Waals surface area (Å²) >= 11 is 0. The molecule has 1 atom stereocenters. The van der Waals surface area contributed by atoms with Crippen molar-refractivity contribution in [3.8, 4) is 5.88 Å². The molecule has 3 rings (SSSR count). The summed E-state index contributed by atoms with van der Waals surface area (Å²) < 4.78 is 11.1. The lowest BCUT2D eigenvalue weighted by molar-refractivity contribution is 0.0810. The number of aromatic nitrogens is 2. The van der Waals surface area contributed by atoms with E-state index in [4.69, 9.17) is 9.47 Å². The molecule has 1 aromatic heterocycles. The lowest BCUT2D eigenvalue weighted by Crippen LogP contribution is -2.37. The van der Waals surface area contributed by atoms with Crippen LogP contribution in [0, 0.1) is 0 Å². The molecule has 2 heterocycles. The van der Waals surface area contributed by atoms with Crippen molar-refractivity contribution in [3.63, 3.8) is 0 Å². The van der Waals surface area contributed by atoms with E-state index in [1.165, 1.54) is 19.3 Å². The van der Waals surface area contributed by atoms with Crippen LogP contribution in [0.1, 0.15) is 25.0 Å². The number of hydrogen-bond acceptors (Lipinski definition) is 6. The van der Waals surface area contributed by atoms with Crippen LogP contribution < -0.4 is 15.0 Å². The number of fused-ring (bicyclic) bond motifs is 1. The first-order valence-electron chi connectivity index (χ1n) is 7.23. The third kappa shape index (κ3) is 3.56. The Morgan fingerprint density at radius 3 is 2.95 bits per heavy atom. The van der Waals surface area contributed by atoms with Gasteiger partial charge in [-0.2, -0.15) is 4.98 Å².